The number of likely N-dealkylation sites (tertiary alicyclic amines) is 1. The van der Waals surface area contributed by atoms with Crippen LogP contribution in [-0.4, -0.2) is 67.2 Å². The Kier molecular flexibility index (Phi) is 4.46. The number of carbonyl (C=O) groups is 1. The van der Waals surface area contributed by atoms with E-state index in [1.807, 2.05) is 4.90 Å². The Morgan fingerprint density at radius 3 is 2.60 bits per heavy atom. The maximum atomic E-state index is 13.0. The minimum Gasteiger partial charge on any atom is -0.480 e. The summed E-state index contributed by atoms with van der Waals surface area (Å²) in [5, 5.41) is 0. The molecule has 0 saturated carbocycles. The number of aryl methyl sites for hydroxylation is 2. The maximum absolute atomic E-state index is 13.0. The van der Waals surface area contributed by atoms with E-state index in [0.717, 1.165) is 45.1 Å². The van der Waals surface area contributed by atoms with Crippen LogP contribution >= 0.6 is 0 Å². The number of morpholine rings is 1. The summed E-state index contributed by atoms with van der Waals surface area (Å²) in [6.07, 6.45) is 0.342. The van der Waals surface area contributed by atoms with Gasteiger partial charge in [0.2, 0.25) is 0 Å². The highest BCUT2D eigenvalue weighted by Crippen LogP contribution is 2.33. The molecule has 0 aromatic heterocycles. The highest BCUT2D eigenvalue weighted by molar-refractivity contribution is 5.83. The molecule has 5 nitrogen and oxygen atoms in total. The predicted molar refractivity (Wildman–Crippen MR) is 96.0 cm³/mol. The van der Waals surface area contributed by atoms with Crippen LogP contribution in [0.15, 0.2) is 12.1 Å². The summed E-state index contributed by atoms with van der Waals surface area (Å²) in [7, 11) is 0. The standard InChI is InChI=1S/C20H28N2O3/c1-13-8-16-10-19(25-18(16)9-14(13)2)20(23)22-11-15(3)17(12-22)21-4-6-24-7-5-21/h8-9,15,17,19H,4-7,10-12H2,1-3H3/t15-,17+,19-/m0/s1. The lowest BCUT2D eigenvalue weighted by atomic mass is 10.0. The minimum absolute atomic E-state index is 0.147. The first-order chi connectivity index (χ1) is 12.0. The van der Waals surface area contributed by atoms with Gasteiger partial charge >= 0.3 is 0 Å². The van der Waals surface area contributed by atoms with Crippen molar-refractivity contribution in [2.75, 3.05) is 39.4 Å². The van der Waals surface area contributed by atoms with Gasteiger partial charge in [-0.2, -0.15) is 0 Å². The third-order valence-corrected chi connectivity index (χ3v) is 6.03. The molecule has 3 heterocycles. The third kappa shape index (κ3) is 3.15. The van der Waals surface area contributed by atoms with Gasteiger partial charge in [0.25, 0.3) is 5.91 Å². The van der Waals surface area contributed by atoms with Gasteiger partial charge in [-0.3, -0.25) is 9.69 Å². The largest absolute Gasteiger partial charge is 0.480 e. The summed E-state index contributed by atoms with van der Waals surface area (Å²) >= 11 is 0. The molecule has 3 aliphatic heterocycles. The van der Waals surface area contributed by atoms with Crippen LogP contribution in [0.25, 0.3) is 0 Å². The fourth-order valence-corrected chi connectivity index (χ4v) is 4.37. The number of hydrogen-bond donors (Lipinski definition) is 0. The van der Waals surface area contributed by atoms with Crippen LogP contribution < -0.4 is 4.74 Å². The zero-order valence-electron chi connectivity index (χ0n) is 15.5. The molecule has 1 aromatic rings. The quantitative estimate of drug-likeness (QED) is 0.820. The van der Waals surface area contributed by atoms with Crippen LogP contribution in [0, 0.1) is 19.8 Å². The fraction of sp³-hybridized carbons (Fsp3) is 0.650. The third-order valence-electron chi connectivity index (χ3n) is 6.03. The molecule has 1 amide bonds. The number of ether oxygens (including phenoxy) is 2. The molecule has 0 aliphatic carbocycles. The smallest absolute Gasteiger partial charge is 0.264 e. The average molecular weight is 344 g/mol. The van der Waals surface area contributed by atoms with E-state index in [2.05, 4.69) is 37.8 Å². The SMILES string of the molecule is Cc1cc2c(cc1C)O[C@H](C(=O)N1C[C@@H](N3CCOCC3)[C@@H](C)C1)C2. The summed E-state index contributed by atoms with van der Waals surface area (Å²) in [4.78, 5) is 17.5. The first kappa shape index (κ1) is 16.9. The number of amides is 1. The van der Waals surface area contributed by atoms with E-state index in [4.69, 9.17) is 9.47 Å². The van der Waals surface area contributed by atoms with Gasteiger partial charge < -0.3 is 14.4 Å². The molecule has 0 spiro atoms. The fourth-order valence-electron chi connectivity index (χ4n) is 4.37. The predicted octanol–water partition coefficient (Wildman–Crippen LogP) is 1.79. The van der Waals surface area contributed by atoms with Crippen molar-refractivity contribution in [3.8, 4) is 5.75 Å². The summed E-state index contributed by atoms with van der Waals surface area (Å²) in [6.45, 7) is 11.6. The maximum Gasteiger partial charge on any atom is 0.264 e. The second-order valence-electron chi connectivity index (χ2n) is 7.79. The molecule has 0 radical (unpaired) electrons. The van der Waals surface area contributed by atoms with Crippen LogP contribution in [-0.2, 0) is 16.0 Å². The van der Waals surface area contributed by atoms with Gasteiger partial charge in [-0.1, -0.05) is 13.0 Å². The molecule has 0 unspecified atom stereocenters. The van der Waals surface area contributed by atoms with Crippen LogP contribution in [0.4, 0.5) is 0 Å². The van der Waals surface area contributed by atoms with Crippen LogP contribution in [0.3, 0.4) is 0 Å². The second kappa shape index (κ2) is 6.61. The van der Waals surface area contributed by atoms with Crippen molar-refractivity contribution < 1.29 is 14.3 Å². The molecule has 5 heteroatoms. The van der Waals surface area contributed by atoms with E-state index in [1.54, 1.807) is 0 Å². The summed E-state index contributed by atoms with van der Waals surface area (Å²) in [6, 6.07) is 4.68. The normalized spacial score (nSPS) is 29.6. The number of benzene rings is 1. The highest BCUT2D eigenvalue weighted by Gasteiger charge is 2.40. The zero-order chi connectivity index (χ0) is 17.6. The molecule has 2 fully saturated rings. The van der Waals surface area contributed by atoms with E-state index in [-0.39, 0.29) is 12.0 Å². The second-order valence-corrected chi connectivity index (χ2v) is 7.79. The Bertz CT molecular complexity index is 638. The summed E-state index contributed by atoms with van der Waals surface area (Å²) < 4.78 is 11.5. The van der Waals surface area contributed by atoms with Gasteiger partial charge in [-0.25, -0.2) is 0 Å². The van der Waals surface area contributed by atoms with Crippen LogP contribution in [0.5, 0.6) is 5.75 Å². The minimum atomic E-state index is -0.355. The Morgan fingerprint density at radius 2 is 1.84 bits per heavy atom. The molecule has 0 bridgehead atoms. The van der Waals surface area contributed by atoms with Gasteiger partial charge in [-0.05, 0) is 42.5 Å². The number of nitrogens with zero attached hydrogens (tertiary/aromatic N) is 2. The summed E-state index contributed by atoms with van der Waals surface area (Å²) in [5.74, 6) is 1.53. The molecule has 136 valence electrons. The molecule has 25 heavy (non-hydrogen) atoms. The number of carbonyl (C=O) groups excluding carboxylic acids is 1. The number of fused-ring (bicyclic) bond motifs is 1. The van der Waals surface area contributed by atoms with Crippen LogP contribution in [0.2, 0.25) is 0 Å². The van der Waals surface area contributed by atoms with Crippen molar-refractivity contribution in [1.82, 2.24) is 9.80 Å². The van der Waals surface area contributed by atoms with Crippen molar-refractivity contribution >= 4 is 5.91 Å². The average Bonchev–Trinajstić information content (AvgIpc) is 3.19. The van der Waals surface area contributed by atoms with Crippen molar-refractivity contribution in [3.05, 3.63) is 28.8 Å². The molecule has 1 aromatic carbocycles. The zero-order valence-corrected chi connectivity index (χ0v) is 15.5. The Hall–Kier alpha value is -1.59. The summed E-state index contributed by atoms with van der Waals surface area (Å²) in [5.41, 5.74) is 3.64. The molecule has 4 rings (SSSR count). The van der Waals surface area contributed by atoms with Gasteiger partial charge in [0, 0.05) is 38.6 Å². The monoisotopic (exact) mass is 344 g/mol. The highest BCUT2D eigenvalue weighted by atomic mass is 16.5. The lowest BCUT2D eigenvalue weighted by Crippen LogP contribution is -2.47. The van der Waals surface area contributed by atoms with Crippen molar-refractivity contribution in [3.63, 3.8) is 0 Å². The molecule has 3 atom stereocenters. The first-order valence-electron chi connectivity index (χ1n) is 9.40. The molecule has 2 saturated heterocycles. The number of rotatable bonds is 2. The number of hydrogen-bond acceptors (Lipinski definition) is 4. The van der Waals surface area contributed by atoms with Crippen LogP contribution in [0.1, 0.15) is 23.6 Å². The van der Waals surface area contributed by atoms with E-state index in [0.29, 0.717) is 18.4 Å². The van der Waals surface area contributed by atoms with E-state index in [9.17, 15) is 4.79 Å². The lowest BCUT2D eigenvalue weighted by molar-refractivity contribution is -0.137. The van der Waals surface area contributed by atoms with Gasteiger partial charge in [0.1, 0.15) is 5.75 Å². The lowest BCUT2D eigenvalue weighted by Gasteiger charge is -2.34. The van der Waals surface area contributed by atoms with Gasteiger partial charge in [-0.15, -0.1) is 0 Å². The molecule has 3 aliphatic rings. The molecule has 0 N–H and O–H groups in total. The first-order valence-corrected chi connectivity index (χ1v) is 9.40. The Morgan fingerprint density at radius 1 is 1.12 bits per heavy atom. The van der Waals surface area contributed by atoms with Crippen molar-refractivity contribution in [2.24, 2.45) is 5.92 Å². The van der Waals surface area contributed by atoms with E-state index in [1.165, 1.54) is 16.7 Å². The van der Waals surface area contributed by atoms with E-state index >= 15 is 0 Å². The Labute approximate surface area is 149 Å². The van der Waals surface area contributed by atoms with Gasteiger partial charge in [0.05, 0.1) is 13.2 Å². The van der Waals surface area contributed by atoms with Crippen molar-refractivity contribution in [2.45, 2.75) is 39.3 Å². The van der Waals surface area contributed by atoms with E-state index < -0.39 is 0 Å². The van der Waals surface area contributed by atoms with Gasteiger partial charge in [0.15, 0.2) is 6.10 Å². The molecular weight excluding hydrogens is 316 g/mol. The topological polar surface area (TPSA) is 42.0 Å². The van der Waals surface area contributed by atoms with Crippen molar-refractivity contribution in [1.29, 1.82) is 0 Å². The molecular formula is C20H28N2O3. The Balaban J connectivity index is 1.42.